The molecule has 0 aliphatic carbocycles. The first-order valence-corrected chi connectivity index (χ1v) is 11.1. The molecule has 0 spiro atoms. The lowest BCUT2D eigenvalue weighted by atomic mass is 10.1. The second kappa shape index (κ2) is 18.8. The lowest BCUT2D eigenvalue weighted by Crippen LogP contribution is -1.84. The average molecular weight is 433 g/mol. The molecule has 0 amide bonds. The van der Waals surface area contributed by atoms with Gasteiger partial charge < -0.3 is 5.11 Å². The number of hydrogen-bond donors (Lipinski definition) is 1. The van der Waals surface area contributed by atoms with Gasteiger partial charge in [0.25, 0.3) is 0 Å². The summed E-state index contributed by atoms with van der Waals surface area (Å²) in [5.74, 6) is 0. The van der Waals surface area contributed by atoms with Gasteiger partial charge in [-0.25, -0.2) is 0 Å². The first-order chi connectivity index (χ1) is 15.3. The molecular weight excluding hydrogens is 392 g/mol. The normalized spacial score (nSPS) is 15.8. The van der Waals surface area contributed by atoms with Crippen molar-refractivity contribution in [2.75, 3.05) is 6.61 Å². The lowest BCUT2D eigenvalue weighted by molar-refractivity contribution is -0.104. The van der Waals surface area contributed by atoms with Gasteiger partial charge in [-0.1, -0.05) is 113 Å². The standard InChI is InChI=1S/C30H40O2/c1-25(15-9-17-27(3)19-11-21-29(5)23-31)13-7-8-14-26(2)16-10-18-28(4)20-12-22-30(6)24-32/h7-11,13-19,21-23,32H,12,20,24H2,1-6H3/b8-7+,15-9+,16-10+,19-11+,25-13+,26-14+,27-17+,28-18+,29-21+,30-22+. The fourth-order valence-corrected chi connectivity index (χ4v) is 2.38. The highest BCUT2D eigenvalue weighted by atomic mass is 16.3. The van der Waals surface area contributed by atoms with E-state index in [1.54, 1.807) is 13.0 Å². The van der Waals surface area contributed by atoms with Crippen LogP contribution in [0.1, 0.15) is 54.4 Å². The van der Waals surface area contributed by atoms with Crippen molar-refractivity contribution in [1.29, 1.82) is 0 Å². The third-order valence-electron chi connectivity index (χ3n) is 4.47. The predicted molar refractivity (Wildman–Crippen MR) is 141 cm³/mol. The molecule has 0 aromatic rings. The molecule has 0 rings (SSSR count). The van der Waals surface area contributed by atoms with Crippen LogP contribution < -0.4 is 0 Å². The van der Waals surface area contributed by atoms with E-state index in [0.717, 1.165) is 35.8 Å². The third-order valence-corrected chi connectivity index (χ3v) is 4.47. The Bertz CT molecular complexity index is 876. The fourth-order valence-electron chi connectivity index (χ4n) is 2.38. The van der Waals surface area contributed by atoms with Gasteiger partial charge in [-0.3, -0.25) is 4.79 Å². The Balaban J connectivity index is 4.62. The molecule has 2 heteroatoms. The van der Waals surface area contributed by atoms with E-state index in [4.69, 9.17) is 5.11 Å². The number of hydrogen-bond acceptors (Lipinski definition) is 2. The summed E-state index contributed by atoms with van der Waals surface area (Å²) in [6.45, 7) is 12.2. The summed E-state index contributed by atoms with van der Waals surface area (Å²) in [5, 5.41) is 9.00. The van der Waals surface area contributed by atoms with Crippen molar-refractivity contribution in [3.05, 3.63) is 119 Å². The number of aldehydes is 1. The molecule has 0 radical (unpaired) electrons. The zero-order valence-corrected chi connectivity index (χ0v) is 20.6. The Kier molecular flexibility index (Phi) is 17.0. The molecule has 32 heavy (non-hydrogen) atoms. The minimum absolute atomic E-state index is 0.140. The molecule has 0 atom stereocenters. The zero-order valence-electron chi connectivity index (χ0n) is 20.6. The molecule has 0 saturated carbocycles. The molecule has 172 valence electrons. The van der Waals surface area contributed by atoms with Crippen LogP contribution in [0.15, 0.2) is 119 Å². The van der Waals surface area contributed by atoms with Crippen molar-refractivity contribution in [3.63, 3.8) is 0 Å². The second-order valence-electron chi connectivity index (χ2n) is 7.98. The largest absolute Gasteiger partial charge is 0.392 e. The highest BCUT2D eigenvalue weighted by Gasteiger charge is 1.89. The Morgan fingerprint density at radius 2 is 1.03 bits per heavy atom. The molecule has 2 nitrogen and oxygen atoms in total. The van der Waals surface area contributed by atoms with Crippen LogP contribution in [0.25, 0.3) is 0 Å². The van der Waals surface area contributed by atoms with E-state index >= 15 is 0 Å². The molecule has 1 N–H and O–H groups in total. The monoisotopic (exact) mass is 432 g/mol. The van der Waals surface area contributed by atoms with Crippen LogP contribution in [-0.2, 0) is 4.79 Å². The molecular formula is C30H40O2. The first-order valence-electron chi connectivity index (χ1n) is 11.1. The van der Waals surface area contributed by atoms with Gasteiger partial charge in [-0.2, -0.15) is 0 Å². The van der Waals surface area contributed by atoms with Crippen molar-refractivity contribution in [2.24, 2.45) is 0 Å². The molecule has 0 fully saturated rings. The molecule has 0 aliphatic rings. The number of aliphatic hydroxyl groups excluding tert-OH is 1. The molecule has 0 saturated heterocycles. The topological polar surface area (TPSA) is 37.3 Å². The maximum absolute atomic E-state index is 10.5. The van der Waals surface area contributed by atoms with Gasteiger partial charge in [0, 0.05) is 0 Å². The van der Waals surface area contributed by atoms with Crippen LogP contribution in [0.2, 0.25) is 0 Å². The van der Waals surface area contributed by atoms with Crippen LogP contribution >= 0.6 is 0 Å². The molecule has 0 heterocycles. The quantitative estimate of drug-likeness (QED) is 0.139. The highest BCUT2D eigenvalue weighted by molar-refractivity contribution is 5.72. The Morgan fingerprint density at radius 1 is 0.594 bits per heavy atom. The number of carbonyl (C=O) groups excluding carboxylic acids is 1. The molecule has 0 bridgehead atoms. The van der Waals surface area contributed by atoms with Gasteiger partial charge in [0.2, 0.25) is 0 Å². The van der Waals surface area contributed by atoms with E-state index in [9.17, 15) is 4.79 Å². The molecule has 0 aromatic heterocycles. The summed E-state index contributed by atoms with van der Waals surface area (Å²) in [6.07, 6.45) is 31.3. The van der Waals surface area contributed by atoms with Crippen LogP contribution in [0.3, 0.4) is 0 Å². The van der Waals surface area contributed by atoms with Crippen molar-refractivity contribution >= 4 is 6.29 Å². The van der Waals surface area contributed by atoms with Crippen molar-refractivity contribution in [2.45, 2.75) is 54.4 Å². The van der Waals surface area contributed by atoms with Crippen molar-refractivity contribution in [3.8, 4) is 0 Å². The summed E-state index contributed by atoms with van der Waals surface area (Å²) in [5.41, 5.74) is 6.52. The van der Waals surface area contributed by atoms with Crippen molar-refractivity contribution in [1.82, 2.24) is 0 Å². The number of aliphatic hydroxyl groups is 1. The maximum atomic E-state index is 10.5. The van der Waals surface area contributed by atoms with Gasteiger partial charge >= 0.3 is 0 Å². The van der Waals surface area contributed by atoms with Crippen molar-refractivity contribution < 1.29 is 9.90 Å². The van der Waals surface area contributed by atoms with Crippen LogP contribution in [0.5, 0.6) is 0 Å². The van der Waals surface area contributed by atoms with E-state index in [2.05, 4.69) is 63.3 Å². The maximum Gasteiger partial charge on any atom is 0.145 e. The molecule has 0 aromatic carbocycles. The van der Waals surface area contributed by atoms with E-state index in [0.29, 0.717) is 5.57 Å². The van der Waals surface area contributed by atoms with E-state index in [1.165, 1.54) is 11.1 Å². The molecule has 0 unspecified atom stereocenters. The fraction of sp³-hybridized carbons (Fsp3) is 0.300. The van der Waals surface area contributed by atoms with Crippen LogP contribution in [-0.4, -0.2) is 18.0 Å². The van der Waals surface area contributed by atoms with Crippen LogP contribution in [0, 0.1) is 0 Å². The Labute approximate surface area is 195 Å². The van der Waals surface area contributed by atoms with Crippen LogP contribution in [0.4, 0.5) is 0 Å². The average Bonchev–Trinajstić information content (AvgIpc) is 2.76. The summed E-state index contributed by atoms with van der Waals surface area (Å²) in [4.78, 5) is 10.5. The summed E-state index contributed by atoms with van der Waals surface area (Å²) in [7, 11) is 0. The minimum Gasteiger partial charge on any atom is -0.392 e. The van der Waals surface area contributed by atoms with Gasteiger partial charge in [-0.15, -0.1) is 0 Å². The number of rotatable bonds is 13. The highest BCUT2D eigenvalue weighted by Crippen LogP contribution is 2.07. The van der Waals surface area contributed by atoms with E-state index in [1.807, 2.05) is 50.3 Å². The van der Waals surface area contributed by atoms with E-state index in [-0.39, 0.29) is 6.61 Å². The third kappa shape index (κ3) is 17.9. The Hall–Kier alpha value is -2.97. The number of allylic oxidation sites excluding steroid dienone is 19. The summed E-state index contributed by atoms with van der Waals surface area (Å²) in [6, 6.07) is 0. The van der Waals surface area contributed by atoms with Gasteiger partial charge in [0.05, 0.1) is 6.61 Å². The first kappa shape index (κ1) is 29.0. The minimum atomic E-state index is 0.140. The SMILES string of the molecule is C\C(C=O)=C/C=C/C(C)=C/C=C/C(C)=C/C=C/C=C(C)/C=C/C=C(\C)CC/C=C(\C)CO. The van der Waals surface area contributed by atoms with Gasteiger partial charge in [0.1, 0.15) is 6.29 Å². The summed E-state index contributed by atoms with van der Waals surface area (Å²) < 4.78 is 0. The van der Waals surface area contributed by atoms with Gasteiger partial charge in [0.15, 0.2) is 0 Å². The number of carbonyl (C=O) groups is 1. The van der Waals surface area contributed by atoms with Gasteiger partial charge in [-0.05, 0) is 60.0 Å². The second-order valence-corrected chi connectivity index (χ2v) is 7.98. The predicted octanol–water partition coefficient (Wildman–Crippen LogP) is 7.86. The summed E-state index contributed by atoms with van der Waals surface area (Å²) >= 11 is 0. The molecule has 0 aliphatic heterocycles. The zero-order chi connectivity index (χ0) is 24.2. The van der Waals surface area contributed by atoms with E-state index < -0.39 is 0 Å². The smallest absolute Gasteiger partial charge is 0.145 e. The Morgan fingerprint density at radius 3 is 1.50 bits per heavy atom. The lowest BCUT2D eigenvalue weighted by Gasteiger charge is -1.98.